The number of benzene rings is 2. The van der Waals surface area contributed by atoms with Crippen molar-refractivity contribution in [1.82, 2.24) is 19.5 Å². The fraction of sp³-hybridized carbons (Fsp3) is 0.138. The van der Waals surface area contributed by atoms with Crippen molar-refractivity contribution in [2.75, 3.05) is 11.1 Å². The van der Waals surface area contributed by atoms with E-state index < -0.39 is 6.04 Å². The summed E-state index contributed by atoms with van der Waals surface area (Å²) in [4.78, 5) is 30.3. The summed E-state index contributed by atoms with van der Waals surface area (Å²) in [6.07, 6.45) is 4.96. The first-order valence-electron chi connectivity index (χ1n) is 11.8. The molecule has 3 N–H and O–H groups in total. The van der Waals surface area contributed by atoms with Gasteiger partial charge in [0.15, 0.2) is 0 Å². The molecule has 5 aromatic rings. The molecule has 0 amide bonds. The van der Waals surface area contributed by atoms with Gasteiger partial charge in [-0.05, 0) is 67.1 Å². The molecular weight excluding hydrogens is 462 g/mol. The van der Waals surface area contributed by atoms with Gasteiger partial charge in [-0.3, -0.25) is 14.3 Å². The molecule has 8 nitrogen and oxygen atoms in total. The summed E-state index contributed by atoms with van der Waals surface area (Å²) in [7, 11) is 0. The predicted molar refractivity (Wildman–Crippen MR) is 147 cm³/mol. The van der Waals surface area contributed by atoms with E-state index in [1.165, 1.54) is 6.20 Å². The molecule has 0 radical (unpaired) electrons. The topological polar surface area (TPSA) is 103 Å². The maximum Gasteiger partial charge on any atom is 0.263 e. The van der Waals surface area contributed by atoms with Crippen LogP contribution in [0, 0.1) is 20.4 Å². The lowest BCUT2D eigenvalue weighted by atomic mass is 9.98. The van der Waals surface area contributed by atoms with Gasteiger partial charge in [0, 0.05) is 35.5 Å². The standard InChI is InChI=1S/C29H25N7O/c1-17-7-5-9-22(12-17)36-25(19(3)34-27-24(31-4)16-33-29(30)35-27)13-20-8-6-10-23(26(20)28(36)37)21-11-18(2)14-32-15-21/h5-16,19H,1-3H3,(H3,30,33,34,35)/t19-/m0/s1. The third-order valence-corrected chi connectivity index (χ3v) is 6.23. The summed E-state index contributed by atoms with van der Waals surface area (Å²) in [5.41, 5.74) is 11.1. The SMILES string of the molecule is [C-]#[N+]c1cnc(N)nc1N[C@@H](C)c1cc2cccc(-c3cncc(C)c3)c2c(=O)n1-c1cccc(C)c1. The summed E-state index contributed by atoms with van der Waals surface area (Å²) < 4.78 is 1.72. The minimum absolute atomic E-state index is 0.0630. The lowest BCUT2D eigenvalue weighted by molar-refractivity contribution is 0.773. The summed E-state index contributed by atoms with van der Waals surface area (Å²) >= 11 is 0. The zero-order chi connectivity index (χ0) is 26.1. The first-order valence-corrected chi connectivity index (χ1v) is 11.8. The summed E-state index contributed by atoms with van der Waals surface area (Å²) in [6.45, 7) is 13.4. The maximum absolute atomic E-state index is 14.3. The second-order valence-corrected chi connectivity index (χ2v) is 9.01. The quantitative estimate of drug-likeness (QED) is 0.305. The van der Waals surface area contributed by atoms with Gasteiger partial charge in [-0.1, -0.05) is 30.3 Å². The number of nitrogens with zero attached hydrogens (tertiary/aromatic N) is 5. The number of aromatic nitrogens is 4. The van der Waals surface area contributed by atoms with Crippen LogP contribution in [-0.2, 0) is 0 Å². The first-order chi connectivity index (χ1) is 17.9. The number of hydrogen-bond acceptors (Lipinski definition) is 6. The molecule has 0 saturated carbocycles. The number of anilines is 2. The molecule has 0 bridgehead atoms. The number of hydrogen-bond donors (Lipinski definition) is 2. The highest BCUT2D eigenvalue weighted by Gasteiger charge is 2.20. The lowest BCUT2D eigenvalue weighted by Gasteiger charge is -2.22. The Kier molecular flexibility index (Phi) is 6.12. The molecule has 3 aromatic heterocycles. The van der Waals surface area contributed by atoms with Crippen LogP contribution in [0.1, 0.15) is 29.8 Å². The van der Waals surface area contributed by atoms with Crippen molar-refractivity contribution in [1.29, 1.82) is 0 Å². The van der Waals surface area contributed by atoms with Crippen molar-refractivity contribution in [3.05, 3.63) is 112 Å². The smallest absolute Gasteiger partial charge is 0.263 e. The minimum atomic E-state index is -0.392. The van der Waals surface area contributed by atoms with E-state index >= 15 is 0 Å². The molecule has 5 rings (SSSR count). The number of aryl methyl sites for hydroxylation is 2. The zero-order valence-corrected chi connectivity index (χ0v) is 20.7. The van der Waals surface area contributed by atoms with Crippen LogP contribution >= 0.6 is 0 Å². The van der Waals surface area contributed by atoms with Crippen LogP contribution in [0.3, 0.4) is 0 Å². The molecule has 0 aliphatic rings. The Balaban J connectivity index is 1.77. The number of nitrogen functional groups attached to an aromatic ring is 1. The molecular formula is C29H25N7O. The van der Waals surface area contributed by atoms with Crippen molar-refractivity contribution < 1.29 is 0 Å². The van der Waals surface area contributed by atoms with Gasteiger partial charge in [-0.2, -0.15) is 0 Å². The van der Waals surface area contributed by atoms with Crippen LogP contribution in [0.25, 0.3) is 32.4 Å². The van der Waals surface area contributed by atoms with Gasteiger partial charge < -0.3 is 11.1 Å². The molecule has 182 valence electrons. The van der Waals surface area contributed by atoms with Crippen molar-refractivity contribution >= 4 is 28.2 Å². The van der Waals surface area contributed by atoms with Crippen LogP contribution < -0.4 is 16.6 Å². The Morgan fingerprint density at radius 3 is 2.59 bits per heavy atom. The van der Waals surface area contributed by atoms with E-state index in [0.717, 1.165) is 39.0 Å². The molecule has 3 heterocycles. The second kappa shape index (κ2) is 9.55. The van der Waals surface area contributed by atoms with Crippen molar-refractivity contribution in [2.24, 2.45) is 0 Å². The van der Waals surface area contributed by atoms with Gasteiger partial charge >= 0.3 is 0 Å². The number of nitrogens with one attached hydrogen (secondary N) is 1. The molecule has 0 spiro atoms. The number of nitrogens with two attached hydrogens (primary N) is 1. The highest BCUT2D eigenvalue weighted by molar-refractivity contribution is 5.96. The first kappa shape index (κ1) is 23.7. The summed E-state index contributed by atoms with van der Waals surface area (Å²) in [5, 5.41) is 4.70. The maximum atomic E-state index is 14.3. The van der Waals surface area contributed by atoms with E-state index in [-0.39, 0.29) is 17.2 Å². The molecule has 0 unspecified atom stereocenters. The van der Waals surface area contributed by atoms with Gasteiger partial charge in [0.25, 0.3) is 5.56 Å². The molecule has 2 aromatic carbocycles. The number of fused-ring (bicyclic) bond motifs is 1. The van der Waals surface area contributed by atoms with E-state index in [4.69, 9.17) is 12.3 Å². The van der Waals surface area contributed by atoms with Crippen molar-refractivity contribution in [3.63, 3.8) is 0 Å². The Hall–Kier alpha value is -5.03. The monoisotopic (exact) mass is 487 g/mol. The normalized spacial score (nSPS) is 11.7. The van der Waals surface area contributed by atoms with Crippen LogP contribution in [0.4, 0.5) is 17.5 Å². The van der Waals surface area contributed by atoms with Gasteiger partial charge in [0.1, 0.15) is 5.82 Å². The molecule has 0 saturated heterocycles. The highest BCUT2D eigenvalue weighted by Crippen LogP contribution is 2.31. The predicted octanol–water partition coefficient (Wildman–Crippen LogP) is 5.77. The number of rotatable bonds is 5. The van der Waals surface area contributed by atoms with Gasteiger partial charge in [0.05, 0.1) is 18.0 Å². The highest BCUT2D eigenvalue weighted by atomic mass is 16.1. The van der Waals surface area contributed by atoms with Gasteiger partial charge in [-0.15, -0.1) is 0 Å². The van der Waals surface area contributed by atoms with E-state index in [2.05, 4.69) is 25.1 Å². The van der Waals surface area contributed by atoms with Crippen LogP contribution in [0.15, 0.2) is 78.0 Å². The Labute approximate surface area is 214 Å². The number of pyridine rings is 2. The van der Waals surface area contributed by atoms with Crippen LogP contribution in [0.5, 0.6) is 0 Å². The molecule has 0 aliphatic heterocycles. The lowest BCUT2D eigenvalue weighted by Crippen LogP contribution is -2.26. The molecule has 0 aliphatic carbocycles. The fourth-order valence-electron chi connectivity index (χ4n) is 4.53. The Morgan fingerprint density at radius 2 is 1.84 bits per heavy atom. The Morgan fingerprint density at radius 1 is 1.03 bits per heavy atom. The average Bonchev–Trinajstić information content (AvgIpc) is 2.88. The van der Waals surface area contributed by atoms with E-state index in [0.29, 0.717) is 11.2 Å². The van der Waals surface area contributed by atoms with Crippen LogP contribution in [-0.4, -0.2) is 19.5 Å². The van der Waals surface area contributed by atoms with E-state index in [1.54, 1.807) is 17.0 Å². The summed E-state index contributed by atoms with van der Waals surface area (Å²) in [5.74, 6) is 0.381. The second-order valence-electron chi connectivity index (χ2n) is 9.01. The molecule has 1 atom stereocenters. The van der Waals surface area contributed by atoms with Crippen molar-refractivity contribution in [3.8, 4) is 16.8 Å². The van der Waals surface area contributed by atoms with E-state index in [9.17, 15) is 4.79 Å². The third-order valence-electron chi connectivity index (χ3n) is 6.23. The minimum Gasteiger partial charge on any atom is -0.371 e. The van der Waals surface area contributed by atoms with E-state index in [1.807, 2.05) is 75.4 Å². The Bertz CT molecular complexity index is 1750. The molecule has 8 heteroatoms. The van der Waals surface area contributed by atoms with Crippen LogP contribution in [0.2, 0.25) is 0 Å². The fourth-order valence-corrected chi connectivity index (χ4v) is 4.53. The van der Waals surface area contributed by atoms with Gasteiger partial charge in [0.2, 0.25) is 11.6 Å². The molecule has 0 fully saturated rings. The molecule has 37 heavy (non-hydrogen) atoms. The average molecular weight is 488 g/mol. The third kappa shape index (κ3) is 4.50. The van der Waals surface area contributed by atoms with Crippen molar-refractivity contribution in [2.45, 2.75) is 26.8 Å². The largest absolute Gasteiger partial charge is 0.371 e. The summed E-state index contributed by atoms with van der Waals surface area (Å²) in [6, 6.07) is 17.3. The van der Waals surface area contributed by atoms with Gasteiger partial charge in [-0.25, -0.2) is 14.8 Å². The zero-order valence-electron chi connectivity index (χ0n) is 20.7.